The molecule has 0 aliphatic carbocycles. The summed E-state index contributed by atoms with van der Waals surface area (Å²) < 4.78 is 0.863. The third-order valence-electron chi connectivity index (χ3n) is 6.30. The van der Waals surface area contributed by atoms with Crippen LogP contribution < -0.4 is 4.87 Å². The van der Waals surface area contributed by atoms with Gasteiger partial charge in [-0.25, -0.2) is 0 Å². The summed E-state index contributed by atoms with van der Waals surface area (Å²) in [6.45, 7) is 1.89. The lowest BCUT2D eigenvalue weighted by molar-refractivity contribution is -0.131. The Balaban J connectivity index is 1.59. The average Bonchev–Trinajstić information content (AvgIpc) is 3.39. The lowest BCUT2D eigenvalue weighted by Crippen LogP contribution is -2.39. The van der Waals surface area contributed by atoms with Crippen molar-refractivity contribution in [1.29, 1.82) is 0 Å². The van der Waals surface area contributed by atoms with E-state index in [0.717, 1.165) is 39.2 Å². The largest absolute Gasteiger partial charge is 0.392 e. The van der Waals surface area contributed by atoms with E-state index in [9.17, 15) is 19.5 Å². The van der Waals surface area contributed by atoms with Crippen molar-refractivity contribution in [3.05, 3.63) is 68.8 Å². The van der Waals surface area contributed by atoms with E-state index in [4.69, 9.17) is 0 Å². The minimum atomic E-state index is -0.359. The monoisotopic (exact) mass is 482 g/mol. The molecule has 8 nitrogen and oxygen atoms in total. The Hall–Kier alpha value is -3.01. The summed E-state index contributed by atoms with van der Waals surface area (Å²) in [5.74, 6) is -0.157. The third kappa shape index (κ3) is 5.38. The molecule has 0 radical (unpaired) electrons. The Morgan fingerprint density at radius 3 is 2.71 bits per heavy atom. The molecule has 1 aromatic heterocycles. The molecule has 9 heteroatoms. The van der Waals surface area contributed by atoms with Crippen LogP contribution in [-0.2, 0) is 11.2 Å². The number of H-pyrrole nitrogens is 1. The summed E-state index contributed by atoms with van der Waals surface area (Å²) in [6, 6.07) is 12.7. The molecule has 2 heterocycles. The predicted octanol–water partition coefficient (Wildman–Crippen LogP) is 2.10. The van der Waals surface area contributed by atoms with E-state index < -0.39 is 0 Å². The quantitative estimate of drug-likeness (QED) is 0.538. The molecule has 4 rings (SSSR count). The molecule has 0 spiro atoms. The number of carbonyl (C=O) groups excluding carboxylic acids is 2. The topological polar surface area (TPSA) is 96.9 Å². The second kappa shape index (κ2) is 10.1. The standard InChI is InChI=1S/C25H30N4O4S/c1-27(2)24(32)18-6-4-5-17(13-18)21(15-29-10-9-19(30)14-29)28(3)23(31)12-16-7-8-22-20(11-16)26-25(33)34-22/h4-8,11,13,19,21,30H,9-10,12,14-15H2,1-3H3,(H,26,33)/t19?,21-/m1/s1. The van der Waals surface area contributed by atoms with Crippen molar-refractivity contribution in [3.63, 3.8) is 0 Å². The SMILES string of the molecule is CN(C)C(=O)c1cccc([C@@H](CN2CCC(O)C2)N(C)C(=O)Cc2ccc3sc(=O)[nH]c3c2)c1. The van der Waals surface area contributed by atoms with Gasteiger partial charge in [-0.1, -0.05) is 29.5 Å². The Morgan fingerprint density at radius 2 is 2.00 bits per heavy atom. The molecule has 1 saturated heterocycles. The second-order valence-electron chi connectivity index (χ2n) is 9.07. The minimum absolute atomic E-state index is 0.0639. The van der Waals surface area contributed by atoms with Crippen molar-refractivity contribution in [3.8, 4) is 0 Å². The first-order valence-electron chi connectivity index (χ1n) is 11.3. The van der Waals surface area contributed by atoms with Gasteiger partial charge in [-0.15, -0.1) is 0 Å². The maximum Gasteiger partial charge on any atom is 0.305 e. The van der Waals surface area contributed by atoms with Crippen molar-refractivity contribution in [1.82, 2.24) is 19.7 Å². The molecule has 34 heavy (non-hydrogen) atoms. The number of fused-ring (bicyclic) bond motifs is 1. The van der Waals surface area contributed by atoms with Crippen LogP contribution in [0.3, 0.4) is 0 Å². The van der Waals surface area contributed by atoms with Crippen molar-refractivity contribution in [2.24, 2.45) is 0 Å². The summed E-state index contributed by atoms with van der Waals surface area (Å²) in [7, 11) is 5.21. The molecule has 1 unspecified atom stereocenters. The Morgan fingerprint density at radius 1 is 1.21 bits per heavy atom. The highest BCUT2D eigenvalue weighted by Crippen LogP contribution is 2.26. The van der Waals surface area contributed by atoms with E-state index in [0.29, 0.717) is 25.1 Å². The fourth-order valence-electron chi connectivity index (χ4n) is 4.39. The van der Waals surface area contributed by atoms with Crippen LogP contribution in [-0.4, -0.2) is 83.5 Å². The zero-order valence-corrected chi connectivity index (χ0v) is 20.5. The number of hydrogen-bond donors (Lipinski definition) is 2. The van der Waals surface area contributed by atoms with Crippen LogP contribution in [0.1, 0.15) is 33.9 Å². The number of benzene rings is 2. The third-order valence-corrected chi connectivity index (χ3v) is 7.17. The van der Waals surface area contributed by atoms with Gasteiger partial charge in [0.15, 0.2) is 0 Å². The van der Waals surface area contributed by atoms with Crippen molar-refractivity contribution in [2.45, 2.75) is 25.0 Å². The van der Waals surface area contributed by atoms with E-state index in [1.165, 1.54) is 4.90 Å². The van der Waals surface area contributed by atoms with Gasteiger partial charge >= 0.3 is 4.87 Å². The zero-order chi connectivity index (χ0) is 24.4. The summed E-state index contributed by atoms with van der Waals surface area (Å²) >= 11 is 1.15. The van der Waals surface area contributed by atoms with Crippen LogP contribution in [0.25, 0.3) is 10.2 Å². The van der Waals surface area contributed by atoms with E-state index in [1.54, 1.807) is 32.1 Å². The summed E-state index contributed by atoms with van der Waals surface area (Å²) in [5, 5.41) is 10.00. The molecule has 2 amide bonds. The lowest BCUT2D eigenvalue weighted by atomic mass is 10.0. The molecular formula is C25H30N4O4S. The summed E-state index contributed by atoms with van der Waals surface area (Å²) in [5.41, 5.74) is 3.01. The molecule has 0 saturated carbocycles. The molecule has 2 aromatic carbocycles. The van der Waals surface area contributed by atoms with Crippen LogP contribution in [0.15, 0.2) is 47.3 Å². The first kappa shape index (κ1) is 24.1. The van der Waals surface area contributed by atoms with Crippen LogP contribution >= 0.6 is 11.3 Å². The number of likely N-dealkylation sites (N-methyl/N-ethyl adjacent to an activating group) is 1. The molecule has 1 aliphatic rings. The minimum Gasteiger partial charge on any atom is -0.392 e. The van der Waals surface area contributed by atoms with Gasteiger partial charge in [-0.3, -0.25) is 19.3 Å². The maximum atomic E-state index is 13.3. The Bertz CT molecular complexity index is 1250. The van der Waals surface area contributed by atoms with Crippen molar-refractivity contribution < 1.29 is 14.7 Å². The second-order valence-corrected chi connectivity index (χ2v) is 10.1. The van der Waals surface area contributed by atoms with E-state index in [1.807, 2.05) is 36.4 Å². The van der Waals surface area contributed by atoms with E-state index in [-0.39, 0.29) is 35.3 Å². The van der Waals surface area contributed by atoms with Crippen LogP contribution in [0.4, 0.5) is 0 Å². The number of aromatic nitrogens is 1. The summed E-state index contributed by atoms with van der Waals surface area (Å²) in [4.78, 5) is 45.6. The Kier molecular flexibility index (Phi) is 7.16. The highest BCUT2D eigenvalue weighted by molar-refractivity contribution is 7.16. The lowest BCUT2D eigenvalue weighted by Gasteiger charge is -2.32. The zero-order valence-electron chi connectivity index (χ0n) is 19.7. The van der Waals surface area contributed by atoms with E-state index >= 15 is 0 Å². The first-order chi connectivity index (χ1) is 16.2. The highest BCUT2D eigenvalue weighted by Gasteiger charge is 2.28. The number of nitrogens with zero attached hydrogens (tertiary/aromatic N) is 3. The van der Waals surface area contributed by atoms with Gasteiger partial charge in [0.2, 0.25) is 5.91 Å². The van der Waals surface area contributed by atoms with E-state index in [2.05, 4.69) is 9.88 Å². The van der Waals surface area contributed by atoms with Crippen LogP contribution in [0.5, 0.6) is 0 Å². The summed E-state index contributed by atoms with van der Waals surface area (Å²) in [6.07, 6.45) is 0.546. The molecule has 1 fully saturated rings. The number of rotatable bonds is 7. The smallest absolute Gasteiger partial charge is 0.305 e. The number of nitrogens with one attached hydrogen (secondary N) is 1. The molecule has 180 valence electrons. The number of carbonyl (C=O) groups is 2. The number of thiazole rings is 1. The van der Waals surface area contributed by atoms with Gasteiger partial charge in [-0.2, -0.15) is 0 Å². The molecule has 0 bridgehead atoms. The van der Waals surface area contributed by atoms with Gasteiger partial charge in [0.25, 0.3) is 5.91 Å². The van der Waals surface area contributed by atoms with Gasteiger partial charge in [0.1, 0.15) is 0 Å². The van der Waals surface area contributed by atoms with Crippen molar-refractivity contribution in [2.75, 3.05) is 40.8 Å². The molecule has 2 atom stereocenters. The number of aromatic amines is 1. The number of likely N-dealkylation sites (tertiary alicyclic amines) is 1. The first-order valence-corrected chi connectivity index (χ1v) is 12.1. The van der Waals surface area contributed by atoms with Crippen LogP contribution in [0, 0.1) is 0 Å². The molecule has 1 aliphatic heterocycles. The van der Waals surface area contributed by atoms with Gasteiger partial charge < -0.3 is 19.9 Å². The number of aliphatic hydroxyl groups is 1. The fraction of sp³-hybridized carbons (Fsp3) is 0.400. The van der Waals surface area contributed by atoms with Crippen LogP contribution in [0.2, 0.25) is 0 Å². The number of β-amino-alcohol motifs (C(OH)–C–C–N with tert-alkyl or cyclic N) is 1. The molecule has 3 aromatic rings. The normalized spacial score (nSPS) is 17.1. The van der Waals surface area contributed by atoms with Crippen molar-refractivity contribution >= 4 is 33.4 Å². The number of hydrogen-bond acceptors (Lipinski definition) is 6. The van der Waals surface area contributed by atoms with Gasteiger partial charge in [-0.05, 0) is 41.8 Å². The maximum absolute atomic E-state index is 13.3. The van der Waals surface area contributed by atoms with Gasteiger partial charge in [0, 0.05) is 46.3 Å². The highest BCUT2D eigenvalue weighted by atomic mass is 32.1. The predicted molar refractivity (Wildman–Crippen MR) is 133 cm³/mol. The number of aliphatic hydroxyl groups excluding tert-OH is 1. The Labute approximate surface area is 202 Å². The fourth-order valence-corrected chi connectivity index (χ4v) is 5.11. The average molecular weight is 483 g/mol. The molecule has 2 N–H and O–H groups in total. The van der Waals surface area contributed by atoms with Gasteiger partial charge in [0.05, 0.1) is 28.8 Å². The molecular weight excluding hydrogens is 452 g/mol. The number of amides is 2.